The van der Waals surface area contributed by atoms with E-state index < -0.39 is 0 Å². The number of halogens is 1. The van der Waals surface area contributed by atoms with Crippen LogP contribution in [-0.2, 0) is 0 Å². The van der Waals surface area contributed by atoms with E-state index in [4.69, 9.17) is 11.6 Å². The van der Waals surface area contributed by atoms with Gasteiger partial charge in [-0.1, -0.05) is 0 Å². The van der Waals surface area contributed by atoms with E-state index >= 15 is 0 Å². The van der Waals surface area contributed by atoms with Gasteiger partial charge in [-0.15, -0.1) is 10.2 Å². The molecule has 0 amide bonds. The van der Waals surface area contributed by atoms with Gasteiger partial charge in [-0.2, -0.15) is 0 Å². The molecule has 0 bridgehead atoms. The van der Waals surface area contributed by atoms with Gasteiger partial charge in [0.2, 0.25) is 5.28 Å². The molecule has 0 aliphatic heterocycles. The van der Waals surface area contributed by atoms with Gasteiger partial charge < -0.3 is 0 Å². The zero-order valence-corrected chi connectivity index (χ0v) is 7.50. The number of fused-ring (bicyclic) bond motifs is 1. The van der Waals surface area contributed by atoms with Crippen LogP contribution in [0.3, 0.4) is 0 Å². The molecule has 12 heavy (non-hydrogen) atoms. The molecule has 2 heterocycles. The molecule has 0 unspecified atom stereocenters. The molecule has 0 saturated carbocycles. The lowest BCUT2D eigenvalue weighted by Gasteiger charge is -1.99. The molecule has 0 atom stereocenters. The summed E-state index contributed by atoms with van der Waals surface area (Å²) in [6, 6.07) is 1.84. The summed E-state index contributed by atoms with van der Waals surface area (Å²) < 4.78 is 1.70. The number of hydrogen-bond donors (Lipinski definition) is 0. The van der Waals surface area contributed by atoms with Crippen molar-refractivity contribution >= 4 is 17.2 Å². The van der Waals surface area contributed by atoms with Crippen LogP contribution in [0.15, 0.2) is 6.07 Å². The molecule has 0 spiro atoms. The fraction of sp³-hybridized carbons (Fsp3) is 0.286. The summed E-state index contributed by atoms with van der Waals surface area (Å²) in [4.78, 5) is 4.23. The Morgan fingerprint density at radius 2 is 2.08 bits per heavy atom. The number of hydrogen-bond acceptors (Lipinski definition) is 3. The fourth-order valence-electron chi connectivity index (χ4n) is 1.19. The molecule has 2 rings (SSSR count). The van der Waals surface area contributed by atoms with Crippen LogP contribution in [0.1, 0.15) is 11.5 Å². The van der Waals surface area contributed by atoms with Gasteiger partial charge >= 0.3 is 0 Å². The van der Waals surface area contributed by atoms with Crippen LogP contribution in [0.5, 0.6) is 0 Å². The van der Waals surface area contributed by atoms with E-state index in [0.717, 1.165) is 17.2 Å². The highest BCUT2D eigenvalue weighted by Gasteiger charge is 2.05. The monoisotopic (exact) mass is 182 g/mol. The van der Waals surface area contributed by atoms with Gasteiger partial charge in [0.1, 0.15) is 5.82 Å². The summed E-state index contributed by atoms with van der Waals surface area (Å²) in [5, 5.41) is 7.97. The summed E-state index contributed by atoms with van der Waals surface area (Å²) in [6.07, 6.45) is 0. The van der Waals surface area contributed by atoms with Crippen LogP contribution in [0.2, 0.25) is 5.28 Å². The van der Waals surface area contributed by atoms with Crippen molar-refractivity contribution in [2.75, 3.05) is 0 Å². The predicted molar refractivity (Wildman–Crippen MR) is 45.3 cm³/mol. The third kappa shape index (κ3) is 0.956. The molecule has 0 aliphatic rings. The van der Waals surface area contributed by atoms with Crippen LogP contribution in [0.25, 0.3) is 5.65 Å². The molecule has 2 aromatic heterocycles. The van der Waals surface area contributed by atoms with Gasteiger partial charge in [-0.3, -0.25) is 4.40 Å². The maximum atomic E-state index is 5.78. The van der Waals surface area contributed by atoms with E-state index in [1.165, 1.54) is 0 Å². The van der Waals surface area contributed by atoms with E-state index in [9.17, 15) is 0 Å². The lowest BCUT2D eigenvalue weighted by atomic mass is 10.4. The second-order valence-electron chi connectivity index (χ2n) is 2.61. The average Bonchev–Trinajstić information content (AvgIpc) is 2.31. The molecule has 0 saturated heterocycles. The van der Waals surface area contributed by atoms with Gasteiger partial charge in [0.25, 0.3) is 0 Å². The Hall–Kier alpha value is -1.16. The predicted octanol–water partition coefficient (Wildman–Crippen LogP) is 1.39. The Morgan fingerprint density at radius 1 is 1.33 bits per heavy atom. The van der Waals surface area contributed by atoms with Crippen molar-refractivity contribution in [2.24, 2.45) is 0 Å². The number of rotatable bonds is 0. The molecule has 0 aromatic carbocycles. The van der Waals surface area contributed by atoms with Crippen molar-refractivity contribution < 1.29 is 0 Å². The van der Waals surface area contributed by atoms with Gasteiger partial charge in [0.05, 0.1) is 0 Å². The molecule has 0 N–H and O–H groups in total. The number of nitrogens with zero attached hydrogens (tertiary/aromatic N) is 4. The second kappa shape index (κ2) is 2.42. The Bertz CT molecular complexity index is 434. The minimum Gasteiger partial charge on any atom is -0.253 e. The van der Waals surface area contributed by atoms with E-state index in [-0.39, 0.29) is 0 Å². The summed E-state index contributed by atoms with van der Waals surface area (Å²) in [6.45, 7) is 3.78. The normalized spacial score (nSPS) is 10.9. The first-order valence-corrected chi connectivity index (χ1v) is 3.91. The van der Waals surface area contributed by atoms with E-state index in [2.05, 4.69) is 15.2 Å². The number of aryl methyl sites for hydroxylation is 2. The lowest BCUT2D eigenvalue weighted by molar-refractivity contribution is 0.956. The standard InChI is InChI=1S/C7H7ClN4/c1-4-3-6-10-11-7(8)12(6)5(2)9-4/h3H,1-2H3. The molecule has 5 heteroatoms. The fourth-order valence-corrected chi connectivity index (χ4v) is 1.44. The van der Waals surface area contributed by atoms with Crippen LogP contribution >= 0.6 is 11.6 Å². The van der Waals surface area contributed by atoms with Crippen molar-refractivity contribution in [1.29, 1.82) is 0 Å². The Morgan fingerprint density at radius 3 is 2.83 bits per heavy atom. The molecular formula is C7H7ClN4. The van der Waals surface area contributed by atoms with Crippen LogP contribution in [-0.4, -0.2) is 19.6 Å². The largest absolute Gasteiger partial charge is 0.253 e. The molecule has 2 aromatic rings. The third-order valence-corrected chi connectivity index (χ3v) is 1.89. The quantitative estimate of drug-likeness (QED) is 0.619. The van der Waals surface area contributed by atoms with Crippen LogP contribution in [0, 0.1) is 13.8 Å². The topological polar surface area (TPSA) is 43.1 Å². The highest BCUT2D eigenvalue weighted by Crippen LogP contribution is 2.11. The first-order valence-electron chi connectivity index (χ1n) is 3.53. The molecule has 62 valence electrons. The van der Waals surface area contributed by atoms with Gasteiger partial charge in [-0.05, 0) is 25.4 Å². The Kier molecular flexibility index (Phi) is 1.51. The van der Waals surface area contributed by atoms with Crippen molar-refractivity contribution in [3.63, 3.8) is 0 Å². The van der Waals surface area contributed by atoms with Crippen molar-refractivity contribution in [3.05, 3.63) is 22.9 Å². The maximum absolute atomic E-state index is 5.78. The summed E-state index contributed by atoms with van der Waals surface area (Å²) in [7, 11) is 0. The first-order chi connectivity index (χ1) is 5.68. The number of aromatic nitrogens is 4. The molecule has 4 nitrogen and oxygen atoms in total. The lowest BCUT2D eigenvalue weighted by Crippen LogP contribution is -1.96. The maximum Gasteiger partial charge on any atom is 0.230 e. The SMILES string of the molecule is Cc1cc2nnc(Cl)n2c(C)n1. The molecule has 0 radical (unpaired) electrons. The van der Waals surface area contributed by atoms with Crippen molar-refractivity contribution in [1.82, 2.24) is 19.6 Å². The molecule has 0 aliphatic carbocycles. The van der Waals surface area contributed by atoms with E-state index in [1.807, 2.05) is 19.9 Å². The summed E-state index contributed by atoms with van der Waals surface area (Å²) >= 11 is 5.78. The minimum absolute atomic E-state index is 0.356. The smallest absolute Gasteiger partial charge is 0.230 e. The van der Waals surface area contributed by atoms with Crippen LogP contribution in [0.4, 0.5) is 0 Å². The first kappa shape index (κ1) is 7.49. The van der Waals surface area contributed by atoms with Gasteiger partial charge in [0, 0.05) is 11.8 Å². The third-order valence-electron chi connectivity index (χ3n) is 1.65. The molecular weight excluding hydrogens is 176 g/mol. The van der Waals surface area contributed by atoms with E-state index in [0.29, 0.717) is 5.28 Å². The Labute approximate surface area is 74.2 Å². The highest BCUT2D eigenvalue weighted by molar-refractivity contribution is 6.28. The zero-order chi connectivity index (χ0) is 8.72. The van der Waals surface area contributed by atoms with E-state index in [1.54, 1.807) is 4.40 Å². The highest BCUT2D eigenvalue weighted by atomic mass is 35.5. The minimum atomic E-state index is 0.356. The zero-order valence-electron chi connectivity index (χ0n) is 6.74. The summed E-state index contributed by atoms with van der Waals surface area (Å²) in [5.41, 5.74) is 1.66. The summed E-state index contributed by atoms with van der Waals surface area (Å²) in [5.74, 6) is 0.806. The van der Waals surface area contributed by atoms with Crippen molar-refractivity contribution in [3.8, 4) is 0 Å². The Balaban J connectivity index is 2.93. The second-order valence-corrected chi connectivity index (χ2v) is 2.95. The van der Waals surface area contributed by atoms with Gasteiger partial charge in [-0.25, -0.2) is 4.98 Å². The average molecular weight is 183 g/mol. The molecule has 0 fully saturated rings. The van der Waals surface area contributed by atoms with Crippen molar-refractivity contribution in [2.45, 2.75) is 13.8 Å². The van der Waals surface area contributed by atoms with Gasteiger partial charge in [0.15, 0.2) is 5.65 Å². The van der Waals surface area contributed by atoms with Crippen LogP contribution < -0.4 is 0 Å².